The molecular formula is C16H28N2S. The number of likely N-dealkylation sites (N-methyl/N-ethyl adjacent to an activating group) is 2. The lowest BCUT2D eigenvalue weighted by atomic mass is 9.74. The summed E-state index contributed by atoms with van der Waals surface area (Å²) in [5.74, 6) is 0. The van der Waals surface area contributed by atoms with Gasteiger partial charge in [-0.3, -0.25) is 0 Å². The first-order valence-electron chi connectivity index (χ1n) is 7.62. The van der Waals surface area contributed by atoms with Crippen molar-refractivity contribution in [3.63, 3.8) is 0 Å². The summed E-state index contributed by atoms with van der Waals surface area (Å²) in [6, 6.07) is 5.03. The van der Waals surface area contributed by atoms with Crippen molar-refractivity contribution in [2.75, 3.05) is 20.6 Å². The van der Waals surface area contributed by atoms with Crippen LogP contribution in [0.4, 0.5) is 0 Å². The van der Waals surface area contributed by atoms with Crippen LogP contribution in [0.1, 0.15) is 43.9 Å². The Bertz CT molecular complexity index is 353. The quantitative estimate of drug-likeness (QED) is 0.857. The van der Waals surface area contributed by atoms with Gasteiger partial charge in [0.05, 0.1) is 0 Å². The summed E-state index contributed by atoms with van der Waals surface area (Å²) >= 11 is 1.89. The van der Waals surface area contributed by atoms with Crippen molar-refractivity contribution in [2.24, 2.45) is 0 Å². The lowest BCUT2D eigenvalue weighted by Gasteiger charge is -2.49. The molecule has 1 aromatic rings. The van der Waals surface area contributed by atoms with E-state index in [9.17, 15) is 0 Å². The first-order chi connectivity index (χ1) is 9.19. The van der Waals surface area contributed by atoms with Crippen molar-refractivity contribution in [1.82, 2.24) is 10.2 Å². The average molecular weight is 280 g/mol. The van der Waals surface area contributed by atoms with E-state index < -0.39 is 0 Å². The Balaban J connectivity index is 2.18. The average Bonchev–Trinajstić information content (AvgIpc) is 2.92. The van der Waals surface area contributed by atoms with Gasteiger partial charge in [0.25, 0.3) is 0 Å². The summed E-state index contributed by atoms with van der Waals surface area (Å²) in [6.45, 7) is 3.29. The SMILES string of the molecule is CCNC(Cc1cccs1)C1(N(C)C)CCCCC1. The van der Waals surface area contributed by atoms with Crippen LogP contribution in [0.15, 0.2) is 17.5 Å². The minimum atomic E-state index is 0.345. The predicted octanol–water partition coefficient (Wildman–Crippen LogP) is 3.53. The maximum atomic E-state index is 3.78. The monoisotopic (exact) mass is 280 g/mol. The minimum Gasteiger partial charge on any atom is -0.312 e. The molecule has 1 unspecified atom stereocenters. The molecule has 0 radical (unpaired) electrons. The van der Waals surface area contributed by atoms with E-state index in [0.717, 1.165) is 6.54 Å². The second kappa shape index (κ2) is 6.87. The van der Waals surface area contributed by atoms with Gasteiger partial charge in [0.1, 0.15) is 0 Å². The van der Waals surface area contributed by atoms with Gasteiger partial charge in [0, 0.05) is 16.5 Å². The van der Waals surface area contributed by atoms with Gasteiger partial charge in [-0.25, -0.2) is 0 Å². The number of nitrogens with zero attached hydrogens (tertiary/aromatic N) is 1. The van der Waals surface area contributed by atoms with Gasteiger partial charge < -0.3 is 10.2 Å². The summed E-state index contributed by atoms with van der Waals surface area (Å²) < 4.78 is 0. The number of nitrogens with one attached hydrogen (secondary N) is 1. The zero-order chi connectivity index (χ0) is 13.7. The maximum absolute atomic E-state index is 3.78. The molecular weight excluding hydrogens is 252 g/mol. The highest BCUT2D eigenvalue weighted by Crippen LogP contribution is 2.36. The second-order valence-corrected chi connectivity index (χ2v) is 6.98. The molecule has 0 saturated heterocycles. The van der Waals surface area contributed by atoms with Gasteiger partial charge in [-0.05, 0) is 51.3 Å². The molecule has 2 nitrogen and oxygen atoms in total. The van der Waals surface area contributed by atoms with Crippen molar-refractivity contribution in [2.45, 2.75) is 57.0 Å². The molecule has 3 heteroatoms. The van der Waals surface area contributed by atoms with Crippen LogP contribution in [0.2, 0.25) is 0 Å². The zero-order valence-electron chi connectivity index (χ0n) is 12.6. The molecule has 1 aromatic heterocycles. The first-order valence-corrected chi connectivity index (χ1v) is 8.50. The molecule has 1 aliphatic carbocycles. The smallest absolute Gasteiger partial charge is 0.0359 e. The number of rotatable bonds is 6. The lowest BCUT2D eigenvalue weighted by molar-refractivity contribution is 0.0578. The fourth-order valence-corrected chi connectivity index (χ4v) is 4.35. The van der Waals surface area contributed by atoms with Crippen LogP contribution in [0.5, 0.6) is 0 Å². The van der Waals surface area contributed by atoms with Crippen LogP contribution < -0.4 is 5.32 Å². The predicted molar refractivity (Wildman–Crippen MR) is 85.0 cm³/mol. The first kappa shape index (κ1) is 15.0. The van der Waals surface area contributed by atoms with E-state index in [-0.39, 0.29) is 0 Å². The van der Waals surface area contributed by atoms with E-state index in [1.165, 1.54) is 43.4 Å². The van der Waals surface area contributed by atoms with Crippen LogP contribution in [0.25, 0.3) is 0 Å². The fraction of sp³-hybridized carbons (Fsp3) is 0.750. The summed E-state index contributed by atoms with van der Waals surface area (Å²) in [6.07, 6.45) is 8.01. The number of hydrogen-bond acceptors (Lipinski definition) is 3. The summed E-state index contributed by atoms with van der Waals surface area (Å²) in [5, 5.41) is 5.97. The Morgan fingerprint density at radius 3 is 2.58 bits per heavy atom. The fourth-order valence-electron chi connectivity index (χ4n) is 3.60. The summed E-state index contributed by atoms with van der Waals surface area (Å²) in [4.78, 5) is 4.00. The molecule has 1 atom stereocenters. The zero-order valence-corrected chi connectivity index (χ0v) is 13.4. The van der Waals surface area contributed by atoms with Crippen LogP contribution >= 0.6 is 11.3 Å². The Labute approximate surface area is 122 Å². The van der Waals surface area contributed by atoms with Crippen molar-refractivity contribution in [1.29, 1.82) is 0 Å². The molecule has 0 aliphatic heterocycles. The highest BCUT2D eigenvalue weighted by Gasteiger charge is 2.41. The molecule has 1 saturated carbocycles. The Hall–Kier alpha value is -0.380. The van der Waals surface area contributed by atoms with Crippen molar-refractivity contribution in [3.8, 4) is 0 Å². The molecule has 0 aromatic carbocycles. The largest absolute Gasteiger partial charge is 0.312 e. The van der Waals surface area contributed by atoms with Gasteiger partial charge >= 0.3 is 0 Å². The molecule has 0 spiro atoms. The van der Waals surface area contributed by atoms with Gasteiger partial charge in [0.15, 0.2) is 0 Å². The normalized spacial score (nSPS) is 20.6. The third kappa shape index (κ3) is 3.39. The standard InChI is InChI=1S/C16H28N2S/c1-4-17-15(13-14-9-8-12-19-14)16(18(2)3)10-6-5-7-11-16/h8-9,12,15,17H,4-7,10-11,13H2,1-3H3. The third-order valence-corrected chi connectivity index (χ3v) is 5.59. The van der Waals surface area contributed by atoms with Gasteiger partial charge in [0.2, 0.25) is 0 Å². The second-order valence-electron chi connectivity index (χ2n) is 5.95. The topological polar surface area (TPSA) is 15.3 Å². The Morgan fingerprint density at radius 1 is 1.32 bits per heavy atom. The van der Waals surface area contributed by atoms with Gasteiger partial charge in [-0.1, -0.05) is 32.3 Å². The Morgan fingerprint density at radius 2 is 2.05 bits per heavy atom. The Kier molecular flexibility index (Phi) is 5.43. The number of thiophene rings is 1. The van der Waals surface area contributed by atoms with Crippen LogP contribution in [-0.4, -0.2) is 37.1 Å². The molecule has 108 valence electrons. The highest BCUT2D eigenvalue weighted by molar-refractivity contribution is 7.09. The van der Waals surface area contributed by atoms with Crippen LogP contribution in [0.3, 0.4) is 0 Å². The molecule has 19 heavy (non-hydrogen) atoms. The molecule has 1 aliphatic rings. The molecule has 1 fully saturated rings. The van der Waals surface area contributed by atoms with Gasteiger partial charge in [-0.15, -0.1) is 11.3 Å². The van der Waals surface area contributed by atoms with E-state index in [1.54, 1.807) is 0 Å². The summed E-state index contributed by atoms with van der Waals surface area (Å²) in [7, 11) is 4.54. The minimum absolute atomic E-state index is 0.345. The molecule has 0 bridgehead atoms. The molecule has 1 N–H and O–H groups in total. The van der Waals surface area contributed by atoms with Crippen molar-refractivity contribution >= 4 is 11.3 Å². The molecule has 0 amide bonds. The van der Waals surface area contributed by atoms with Crippen molar-refractivity contribution in [3.05, 3.63) is 22.4 Å². The van der Waals surface area contributed by atoms with E-state index in [1.807, 2.05) is 11.3 Å². The maximum Gasteiger partial charge on any atom is 0.0359 e. The highest BCUT2D eigenvalue weighted by atomic mass is 32.1. The lowest BCUT2D eigenvalue weighted by Crippen LogP contribution is -2.60. The van der Waals surface area contributed by atoms with E-state index >= 15 is 0 Å². The van der Waals surface area contributed by atoms with E-state index in [0.29, 0.717) is 11.6 Å². The van der Waals surface area contributed by atoms with Gasteiger partial charge in [-0.2, -0.15) is 0 Å². The third-order valence-electron chi connectivity index (χ3n) is 4.69. The molecule has 2 rings (SSSR count). The van der Waals surface area contributed by atoms with E-state index in [4.69, 9.17) is 0 Å². The van der Waals surface area contributed by atoms with Crippen LogP contribution in [0, 0.1) is 0 Å². The number of hydrogen-bond donors (Lipinski definition) is 1. The van der Waals surface area contributed by atoms with Crippen molar-refractivity contribution < 1.29 is 0 Å². The van der Waals surface area contributed by atoms with Crippen LogP contribution in [-0.2, 0) is 6.42 Å². The van der Waals surface area contributed by atoms with E-state index in [2.05, 4.69) is 48.7 Å². The summed E-state index contributed by atoms with van der Waals surface area (Å²) in [5.41, 5.74) is 0.345. The molecule has 1 heterocycles.